The van der Waals surface area contributed by atoms with Gasteiger partial charge in [-0.3, -0.25) is 0 Å². The van der Waals surface area contributed by atoms with Crippen molar-refractivity contribution in [2.45, 2.75) is 0 Å². The molecule has 2 heteroatoms. The highest BCUT2D eigenvalue weighted by Gasteiger charge is 2.21. The normalized spacial score (nSPS) is 11.2. The number of hydrogen-bond acceptors (Lipinski definition) is 1. The third kappa shape index (κ3) is 6.65. The number of rotatable bonds is 9. The molecule has 0 spiro atoms. The summed E-state index contributed by atoms with van der Waals surface area (Å²) in [4.78, 5) is 2.41. The van der Waals surface area contributed by atoms with Gasteiger partial charge in [-0.25, -0.2) is 0 Å². The fourth-order valence-electron chi connectivity index (χ4n) is 9.20. The molecule has 0 aliphatic rings. The molecule has 1 aromatic heterocycles. The molecule has 0 aliphatic carbocycles. The Balaban J connectivity index is 1.07. The third-order valence-electron chi connectivity index (χ3n) is 12.0. The Labute approximate surface area is 362 Å². The highest BCUT2D eigenvalue weighted by molar-refractivity contribution is 6.15. The lowest BCUT2D eigenvalue weighted by Gasteiger charge is -2.29. The van der Waals surface area contributed by atoms with Crippen molar-refractivity contribution >= 4 is 38.9 Å². The van der Waals surface area contributed by atoms with Crippen LogP contribution in [0.15, 0.2) is 255 Å². The largest absolute Gasteiger partial charge is 0.310 e. The van der Waals surface area contributed by atoms with Gasteiger partial charge in [0.25, 0.3) is 0 Å². The van der Waals surface area contributed by atoms with Crippen molar-refractivity contribution < 1.29 is 0 Å². The minimum Gasteiger partial charge on any atom is -0.310 e. The minimum atomic E-state index is 1.08. The first kappa shape index (κ1) is 36.8. The molecule has 0 amide bonds. The van der Waals surface area contributed by atoms with Crippen LogP contribution in [-0.2, 0) is 0 Å². The van der Waals surface area contributed by atoms with Crippen LogP contribution < -0.4 is 4.90 Å². The molecule has 2 nitrogen and oxygen atoms in total. The van der Waals surface area contributed by atoms with Gasteiger partial charge in [-0.15, -0.1) is 0 Å². The Morgan fingerprint density at radius 1 is 0.258 bits per heavy atom. The first-order valence-corrected chi connectivity index (χ1v) is 21.3. The lowest BCUT2D eigenvalue weighted by molar-refractivity contribution is 1.18. The van der Waals surface area contributed by atoms with Crippen LogP contribution in [0.1, 0.15) is 0 Å². The molecule has 62 heavy (non-hydrogen) atoms. The van der Waals surface area contributed by atoms with Gasteiger partial charge in [-0.1, -0.05) is 200 Å². The van der Waals surface area contributed by atoms with Crippen LogP contribution in [-0.4, -0.2) is 4.57 Å². The summed E-state index contributed by atoms with van der Waals surface area (Å²) in [6, 6.07) is 92.0. The summed E-state index contributed by atoms with van der Waals surface area (Å²) in [5, 5.41) is 2.50. The Hall–Kier alpha value is -8.20. The number of fused-ring (bicyclic) bond motifs is 3. The van der Waals surface area contributed by atoms with E-state index in [2.05, 4.69) is 264 Å². The van der Waals surface area contributed by atoms with Crippen molar-refractivity contribution in [3.05, 3.63) is 255 Å². The van der Waals surface area contributed by atoms with Gasteiger partial charge in [0.1, 0.15) is 0 Å². The van der Waals surface area contributed by atoms with Crippen LogP contribution >= 0.6 is 0 Å². The van der Waals surface area contributed by atoms with E-state index in [4.69, 9.17) is 0 Å². The maximum absolute atomic E-state index is 2.41. The van der Waals surface area contributed by atoms with Crippen LogP contribution in [0, 0.1) is 0 Å². The monoisotopic (exact) mass is 790 g/mol. The topological polar surface area (TPSA) is 8.17 Å². The van der Waals surface area contributed by atoms with Crippen LogP contribution in [0.4, 0.5) is 17.1 Å². The van der Waals surface area contributed by atoms with Gasteiger partial charge in [0.15, 0.2) is 0 Å². The molecule has 0 unspecified atom stereocenters. The van der Waals surface area contributed by atoms with Crippen LogP contribution in [0.5, 0.6) is 0 Å². The molecule has 0 N–H and O–H groups in total. The number of anilines is 3. The Bertz CT molecular complexity index is 3310. The van der Waals surface area contributed by atoms with E-state index in [1.165, 1.54) is 71.9 Å². The average molecular weight is 791 g/mol. The van der Waals surface area contributed by atoms with E-state index >= 15 is 0 Å². The standard InChI is InChI=1S/C60H42N2/c1-4-19-43(20-5-1)44-35-39-48(40-36-44)61(57-32-16-14-29-55(57)54-28-13-12-27-53(54)52-26-11-10-25-50(52)45-21-6-2-7-22-45)49-41-37-46(38-42-49)51-31-18-34-59-60(51)56-30-15-17-33-58(56)62(59)47-23-8-3-9-24-47/h1-42H. The second-order valence-electron chi connectivity index (χ2n) is 15.7. The van der Waals surface area contributed by atoms with E-state index in [1.54, 1.807) is 0 Å². The molecule has 10 aromatic carbocycles. The summed E-state index contributed by atoms with van der Waals surface area (Å²) in [5.74, 6) is 0. The van der Waals surface area contributed by atoms with E-state index in [-0.39, 0.29) is 0 Å². The van der Waals surface area contributed by atoms with Crippen LogP contribution in [0.3, 0.4) is 0 Å². The van der Waals surface area contributed by atoms with Crippen molar-refractivity contribution in [3.63, 3.8) is 0 Å². The molecule has 0 atom stereocenters. The fourth-order valence-corrected chi connectivity index (χ4v) is 9.20. The summed E-state index contributed by atoms with van der Waals surface area (Å²) in [5.41, 5.74) is 18.7. The predicted octanol–water partition coefficient (Wildman–Crippen LogP) is 16.6. The van der Waals surface area contributed by atoms with Gasteiger partial charge >= 0.3 is 0 Å². The molecule has 0 bridgehead atoms. The fraction of sp³-hybridized carbons (Fsp3) is 0. The summed E-state index contributed by atoms with van der Waals surface area (Å²) in [6.45, 7) is 0. The van der Waals surface area contributed by atoms with Crippen molar-refractivity contribution in [2.75, 3.05) is 4.90 Å². The van der Waals surface area contributed by atoms with Gasteiger partial charge in [0, 0.05) is 33.4 Å². The smallest absolute Gasteiger partial charge is 0.0547 e. The zero-order valence-corrected chi connectivity index (χ0v) is 34.1. The maximum atomic E-state index is 2.41. The lowest BCUT2D eigenvalue weighted by atomic mass is 9.88. The van der Waals surface area contributed by atoms with Crippen molar-refractivity contribution in [1.29, 1.82) is 0 Å². The number of nitrogens with zero attached hydrogens (tertiary/aromatic N) is 2. The molecule has 0 saturated carbocycles. The summed E-state index contributed by atoms with van der Waals surface area (Å²) in [6.07, 6.45) is 0. The maximum Gasteiger partial charge on any atom is 0.0547 e. The Kier molecular flexibility index (Phi) is 9.57. The molecular formula is C60H42N2. The van der Waals surface area contributed by atoms with E-state index < -0.39 is 0 Å². The highest BCUT2D eigenvalue weighted by Crippen LogP contribution is 2.46. The summed E-state index contributed by atoms with van der Waals surface area (Å²) < 4.78 is 2.39. The first-order valence-electron chi connectivity index (χ1n) is 21.3. The number of hydrogen-bond donors (Lipinski definition) is 0. The molecule has 1 heterocycles. The SMILES string of the molecule is c1ccc(-c2ccc(N(c3ccc(-c4cccc5c4c4ccccc4n5-c4ccccc4)cc3)c3ccccc3-c3ccccc3-c3ccccc3-c3ccccc3)cc2)cc1. The minimum absolute atomic E-state index is 1.08. The van der Waals surface area contributed by atoms with Gasteiger partial charge in [0.2, 0.25) is 0 Å². The molecule has 292 valence electrons. The summed E-state index contributed by atoms with van der Waals surface area (Å²) >= 11 is 0. The van der Waals surface area contributed by atoms with Crippen molar-refractivity contribution in [3.8, 4) is 61.3 Å². The van der Waals surface area contributed by atoms with Crippen molar-refractivity contribution in [2.24, 2.45) is 0 Å². The number of benzene rings is 10. The van der Waals surface area contributed by atoms with Crippen LogP contribution in [0.2, 0.25) is 0 Å². The van der Waals surface area contributed by atoms with Crippen molar-refractivity contribution in [1.82, 2.24) is 4.57 Å². The molecule has 0 fully saturated rings. The zero-order valence-electron chi connectivity index (χ0n) is 34.1. The Morgan fingerprint density at radius 2 is 0.677 bits per heavy atom. The molecule has 11 rings (SSSR count). The van der Waals surface area contributed by atoms with E-state index in [0.717, 1.165) is 28.3 Å². The lowest BCUT2D eigenvalue weighted by Crippen LogP contribution is -2.11. The third-order valence-corrected chi connectivity index (χ3v) is 12.0. The quantitative estimate of drug-likeness (QED) is 0.141. The zero-order chi connectivity index (χ0) is 41.2. The average Bonchev–Trinajstić information content (AvgIpc) is 3.70. The van der Waals surface area contributed by atoms with Gasteiger partial charge < -0.3 is 9.47 Å². The first-order chi connectivity index (χ1) is 30.8. The molecule has 11 aromatic rings. The van der Waals surface area contributed by atoms with E-state index in [0.29, 0.717) is 0 Å². The second-order valence-corrected chi connectivity index (χ2v) is 15.7. The van der Waals surface area contributed by atoms with E-state index in [9.17, 15) is 0 Å². The number of para-hydroxylation sites is 3. The molecule has 0 aliphatic heterocycles. The van der Waals surface area contributed by atoms with Gasteiger partial charge in [-0.2, -0.15) is 0 Å². The van der Waals surface area contributed by atoms with E-state index in [1.807, 2.05) is 0 Å². The highest BCUT2D eigenvalue weighted by atomic mass is 15.1. The number of aromatic nitrogens is 1. The molecule has 0 radical (unpaired) electrons. The van der Waals surface area contributed by atoms with Gasteiger partial charge in [0.05, 0.1) is 16.7 Å². The Morgan fingerprint density at radius 3 is 1.34 bits per heavy atom. The molecule has 0 saturated heterocycles. The molecular weight excluding hydrogens is 749 g/mol. The summed E-state index contributed by atoms with van der Waals surface area (Å²) in [7, 11) is 0. The van der Waals surface area contributed by atoms with Gasteiger partial charge in [-0.05, 0) is 105 Å². The second kappa shape index (κ2) is 16.1. The predicted molar refractivity (Wildman–Crippen MR) is 263 cm³/mol. The van der Waals surface area contributed by atoms with Crippen LogP contribution in [0.25, 0.3) is 83.1 Å².